The normalized spacial score (nSPS) is 10.2. The molecule has 0 fully saturated rings. The minimum absolute atomic E-state index is 0.0974. The van der Waals surface area contributed by atoms with Crippen molar-refractivity contribution >= 4 is 11.9 Å². The number of amides is 1. The standard InChI is InChI=1S/C19H22N2O3/c1-3-24-18(22)9-12-21(14-16-7-10-20-11-8-16)19(23)17-6-4-5-15(2)13-17/h4-8,10-11,13H,3,9,12,14H2,1-2H3. The third-order valence-electron chi connectivity index (χ3n) is 3.57. The van der Waals surface area contributed by atoms with Crippen molar-refractivity contribution in [1.29, 1.82) is 0 Å². The molecule has 5 heteroatoms. The fourth-order valence-electron chi connectivity index (χ4n) is 2.38. The van der Waals surface area contributed by atoms with E-state index < -0.39 is 0 Å². The van der Waals surface area contributed by atoms with Gasteiger partial charge in [0.25, 0.3) is 5.91 Å². The highest BCUT2D eigenvalue weighted by Gasteiger charge is 2.18. The fourth-order valence-corrected chi connectivity index (χ4v) is 2.38. The van der Waals surface area contributed by atoms with Gasteiger partial charge in [-0.05, 0) is 43.7 Å². The van der Waals surface area contributed by atoms with Crippen molar-refractivity contribution in [3.63, 3.8) is 0 Å². The van der Waals surface area contributed by atoms with Gasteiger partial charge in [0.1, 0.15) is 0 Å². The average molecular weight is 326 g/mol. The van der Waals surface area contributed by atoms with Crippen molar-refractivity contribution < 1.29 is 14.3 Å². The number of nitrogens with zero attached hydrogens (tertiary/aromatic N) is 2. The van der Waals surface area contributed by atoms with E-state index in [-0.39, 0.29) is 18.3 Å². The molecule has 0 saturated heterocycles. The number of hydrogen-bond donors (Lipinski definition) is 0. The summed E-state index contributed by atoms with van der Waals surface area (Å²) in [6, 6.07) is 11.2. The quantitative estimate of drug-likeness (QED) is 0.734. The van der Waals surface area contributed by atoms with Crippen LogP contribution in [0.2, 0.25) is 0 Å². The zero-order valence-electron chi connectivity index (χ0n) is 14.1. The Morgan fingerprint density at radius 3 is 2.58 bits per heavy atom. The van der Waals surface area contributed by atoms with Crippen LogP contribution in [0.25, 0.3) is 0 Å². The highest BCUT2D eigenvalue weighted by molar-refractivity contribution is 5.94. The number of ether oxygens (including phenoxy) is 1. The van der Waals surface area contributed by atoms with Gasteiger partial charge in [0, 0.05) is 31.0 Å². The number of rotatable bonds is 7. The van der Waals surface area contributed by atoms with E-state index >= 15 is 0 Å². The minimum Gasteiger partial charge on any atom is -0.466 e. The fraction of sp³-hybridized carbons (Fsp3) is 0.316. The molecule has 2 rings (SSSR count). The average Bonchev–Trinajstić information content (AvgIpc) is 2.59. The van der Waals surface area contributed by atoms with Crippen LogP contribution < -0.4 is 0 Å². The van der Waals surface area contributed by atoms with Crippen LogP contribution in [0.15, 0.2) is 48.8 Å². The molecule has 0 bridgehead atoms. The number of benzene rings is 1. The zero-order chi connectivity index (χ0) is 17.4. The van der Waals surface area contributed by atoms with Gasteiger partial charge in [0.15, 0.2) is 0 Å². The van der Waals surface area contributed by atoms with Crippen LogP contribution in [0.5, 0.6) is 0 Å². The maximum absolute atomic E-state index is 12.8. The Kier molecular flexibility index (Phi) is 6.49. The predicted molar refractivity (Wildman–Crippen MR) is 91.4 cm³/mol. The Labute approximate surface area is 142 Å². The molecule has 1 aromatic heterocycles. The molecular weight excluding hydrogens is 304 g/mol. The maximum Gasteiger partial charge on any atom is 0.307 e. The summed E-state index contributed by atoms with van der Waals surface area (Å²) >= 11 is 0. The second-order valence-corrected chi connectivity index (χ2v) is 5.51. The van der Waals surface area contributed by atoms with Crippen molar-refractivity contribution in [2.75, 3.05) is 13.2 Å². The number of hydrogen-bond acceptors (Lipinski definition) is 4. The molecule has 24 heavy (non-hydrogen) atoms. The SMILES string of the molecule is CCOC(=O)CCN(Cc1ccncc1)C(=O)c1cccc(C)c1. The zero-order valence-corrected chi connectivity index (χ0v) is 14.1. The van der Waals surface area contributed by atoms with Gasteiger partial charge in [0.2, 0.25) is 0 Å². The molecule has 1 amide bonds. The van der Waals surface area contributed by atoms with Crippen molar-refractivity contribution in [3.05, 3.63) is 65.5 Å². The Balaban J connectivity index is 2.14. The minimum atomic E-state index is -0.297. The summed E-state index contributed by atoms with van der Waals surface area (Å²) in [6.45, 7) is 4.80. The lowest BCUT2D eigenvalue weighted by molar-refractivity contribution is -0.143. The molecule has 0 N–H and O–H groups in total. The molecular formula is C19H22N2O3. The van der Waals surface area contributed by atoms with Gasteiger partial charge < -0.3 is 9.64 Å². The van der Waals surface area contributed by atoms with Gasteiger partial charge in [-0.25, -0.2) is 0 Å². The molecule has 0 aliphatic carbocycles. The number of carbonyl (C=O) groups is 2. The summed E-state index contributed by atoms with van der Waals surface area (Å²) in [5, 5.41) is 0. The van der Waals surface area contributed by atoms with Crippen LogP contribution in [0.4, 0.5) is 0 Å². The monoisotopic (exact) mass is 326 g/mol. The van der Waals surface area contributed by atoms with Crippen LogP contribution in [0.3, 0.4) is 0 Å². The Bertz CT molecular complexity index is 686. The molecule has 0 atom stereocenters. The van der Waals surface area contributed by atoms with E-state index in [4.69, 9.17) is 4.74 Å². The maximum atomic E-state index is 12.8. The molecule has 2 aromatic rings. The molecule has 126 valence electrons. The number of pyridine rings is 1. The van der Waals surface area contributed by atoms with E-state index in [9.17, 15) is 9.59 Å². The molecule has 1 heterocycles. The van der Waals surface area contributed by atoms with Crippen LogP contribution in [0, 0.1) is 6.92 Å². The summed E-state index contributed by atoms with van der Waals surface area (Å²) in [6.07, 6.45) is 3.56. The third kappa shape index (κ3) is 5.19. The van der Waals surface area contributed by atoms with Crippen molar-refractivity contribution in [2.45, 2.75) is 26.8 Å². The second-order valence-electron chi connectivity index (χ2n) is 5.51. The second kappa shape index (κ2) is 8.82. The molecule has 0 aliphatic rings. The van der Waals surface area contributed by atoms with E-state index in [0.29, 0.717) is 25.3 Å². The highest BCUT2D eigenvalue weighted by atomic mass is 16.5. The van der Waals surface area contributed by atoms with Crippen LogP contribution in [0.1, 0.15) is 34.8 Å². The molecule has 0 spiro atoms. The topological polar surface area (TPSA) is 59.5 Å². The Morgan fingerprint density at radius 1 is 1.17 bits per heavy atom. The lowest BCUT2D eigenvalue weighted by atomic mass is 10.1. The van der Waals surface area contributed by atoms with Gasteiger partial charge in [0.05, 0.1) is 13.0 Å². The molecule has 0 aliphatic heterocycles. The van der Waals surface area contributed by atoms with Crippen LogP contribution in [-0.2, 0) is 16.1 Å². The molecule has 1 aromatic carbocycles. The Hall–Kier alpha value is -2.69. The van der Waals surface area contributed by atoms with Gasteiger partial charge in [-0.1, -0.05) is 17.7 Å². The summed E-state index contributed by atoms with van der Waals surface area (Å²) in [4.78, 5) is 30.1. The van der Waals surface area contributed by atoms with Crippen LogP contribution >= 0.6 is 0 Å². The van der Waals surface area contributed by atoms with Crippen LogP contribution in [-0.4, -0.2) is 34.9 Å². The first-order valence-electron chi connectivity index (χ1n) is 8.00. The molecule has 0 saturated carbocycles. The Morgan fingerprint density at radius 2 is 1.92 bits per heavy atom. The number of aromatic nitrogens is 1. The van der Waals surface area contributed by atoms with Gasteiger partial charge in [-0.15, -0.1) is 0 Å². The lowest BCUT2D eigenvalue weighted by Crippen LogP contribution is -2.33. The van der Waals surface area contributed by atoms with Crippen molar-refractivity contribution in [1.82, 2.24) is 9.88 Å². The first-order valence-corrected chi connectivity index (χ1v) is 8.00. The lowest BCUT2D eigenvalue weighted by Gasteiger charge is -2.23. The summed E-state index contributed by atoms with van der Waals surface area (Å²) < 4.78 is 4.96. The van der Waals surface area contributed by atoms with E-state index in [1.54, 1.807) is 30.3 Å². The van der Waals surface area contributed by atoms with Crippen molar-refractivity contribution in [3.8, 4) is 0 Å². The van der Waals surface area contributed by atoms with E-state index in [1.807, 2.05) is 37.3 Å². The smallest absolute Gasteiger partial charge is 0.307 e. The molecule has 5 nitrogen and oxygen atoms in total. The van der Waals surface area contributed by atoms with Gasteiger partial charge in [-0.2, -0.15) is 0 Å². The van der Waals surface area contributed by atoms with E-state index in [2.05, 4.69) is 4.98 Å². The number of aryl methyl sites for hydroxylation is 1. The van der Waals surface area contributed by atoms with E-state index in [0.717, 1.165) is 11.1 Å². The summed E-state index contributed by atoms with van der Waals surface area (Å²) in [5.74, 6) is -0.394. The first-order chi connectivity index (χ1) is 11.6. The number of carbonyl (C=O) groups excluding carboxylic acids is 2. The summed E-state index contributed by atoms with van der Waals surface area (Å²) in [5.41, 5.74) is 2.61. The highest BCUT2D eigenvalue weighted by Crippen LogP contribution is 2.12. The summed E-state index contributed by atoms with van der Waals surface area (Å²) in [7, 11) is 0. The predicted octanol–water partition coefficient (Wildman–Crippen LogP) is 2.99. The van der Waals surface area contributed by atoms with Gasteiger partial charge in [-0.3, -0.25) is 14.6 Å². The van der Waals surface area contributed by atoms with Gasteiger partial charge >= 0.3 is 5.97 Å². The van der Waals surface area contributed by atoms with E-state index in [1.165, 1.54) is 0 Å². The first kappa shape index (κ1) is 17.7. The molecule has 0 radical (unpaired) electrons. The third-order valence-corrected chi connectivity index (χ3v) is 3.57. The largest absolute Gasteiger partial charge is 0.466 e. The molecule has 0 unspecified atom stereocenters. The number of esters is 1. The van der Waals surface area contributed by atoms with Crippen molar-refractivity contribution in [2.24, 2.45) is 0 Å².